The Morgan fingerprint density at radius 1 is 0.643 bits per heavy atom. The van der Waals surface area contributed by atoms with E-state index in [2.05, 4.69) is 45.5 Å². The van der Waals surface area contributed by atoms with E-state index in [1.54, 1.807) is 38.5 Å². The van der Waals surface area contributed by atoms with Gasteiger partial charge in [0, 0.05) is 93.2 Å². The van der Waals surface area contributed by atoms with Crippen molar-refractivity contribution in [3.8, 4) is 34.5 Å². The highest BCUT2D eigenvalue weighted by molar-refractivity contribution is 5.97. The van der Waals surface area contributed by atoms with Gasteiger partial charge < -0.3 is 43.5 Å². The average Bonchev–Trinajstić information content (AvgIpc) is 4.15. The van der Waals surface area contributed by atoms with Gasteiger partial charge in [0.05, 0.1) is 38.7 Å². The van der Waals surface area contributed by atoms with E-state index < -0.39 is 11.6 Å². The predicted molar refractivity (Wildman–Crippen MR) is 268 cm³/mol. The molecule has 6 heterocycles. The van der Waals surface area contributed by atoms with E-state index in [4.69, 9.17) is 33.4 Å². The Balaban J connectivity index is 0.000000163. The summed E-state index contributed by atoms with van der Waals surface area (Å²) in [5, 5.41) is 7.92. The number of benzene rings is 4. The van der Waals surface area contributed by atoms with Crippen molar-refractivity contribution in [1.29, 1.82) is 0 Å². The maximum atomic E-state index is 14.1. The maximum absolute atomic E-state index is 14.1. The van der Waals surface area contributed by atoms with Crippen LogP contribution in [0.15, 0.2) is 97.3 Å². The third-order valence-corrected chi connectivity index (χ3v) is 14.0. The molecule has 0 unspecified atom stereocenters. The van der Waals surface area contributed by atoms with Crippen LogP contribution >= 0.6 is 0 Å². The van der Waals surface area contributed by atoms with Crippen LogP contribution < -0.4 is 33.7 Å². The van der Waals surface area contributed by atoms with Crippen molar-refractivity contribution < 1.29 is 38.0 Å². The lowest BCUT2D eigenvalue weighted by Crippen LogP contribution is -2.48. The molecule has 3 fully saturated rings. The van der Waals surface area contributed by atoms with Crippen LogP contribution in [-0.4, -0.2) is 107 Å². The second-order valence-electron chi connectivity index (χ2n) is 20.0. The molecule has 70 heavy (non-hydrogen) atoms. The zero-order chi connectivity index (χ0) is 48.6. The number of rotatable bonds is 13. The monoisotopic (exact) mass is 948 g/mol. The van der Waals surface area contributed by atoms with Crippen molar-refractivity contribution in [1.82, 2.24) is 30.0 Å². The number of likely N-dealkylation sites (tertiary alicyclic amines) is 1. The molecule has 2 saturated heterocycles. The summed E-state index contributed by atoms with van der Waals surface area (Å²) in [6.45, 7) is 11.6. The van der Waals surface area contributed by atoms with Gasteiger partial charge in [0.1, 0.15) is 0 Å². The van der Waals surface area contributed by atoms with Gasteiger partial charge in [0.15, 0.2) is 23.0 Å². The zero-order valence-electron chi connectivity index (χ0n) is 41.2. The first-order chi connectivity index (χ1) is 33.8. The number of fused-ring (bicyclic) bond motifs is 4. The van der Waals surface area contributed by atoms with Crippen molar-refractivity contribution in [2.24, 2.45) is 0 Å². The Hall–Kier alpha value is -6.64. The number of methoxy groups -OCH3 is 2. The standard InChI is InChI=1S/C30H35N3O4.C26H29N3O4/c1-30(2)36-27-16-22(15-26(35-3)28(27)37-30)29(34)32(19-25-12-7-13-33(25)24-10-6-11-24)18-23-14-20-8-4-5-9-21(20)17-31-23;1-26(2)32-23-13-19(12-22(31-3)24(23)33-26)25(30)29(15-20-9-6-10-27-20)16-21-11-17-7-4-5-8-18(17)14-28-21/h4-5,8-9,14-17,24-25H,6-7,10-13,18-19H2,1-3H3;4-5,7-8,11-14,20,27H,6,9-10,15-16H2,1-3H3/t25-;20-/m00/s1. The first-order valence-electron chi connectivity index (χ1n) is 24.8. The summed E-state index contributed by atoms with van der Waals surface area (Å²) in [6.07, 6.45) is 12.1. The van der Waals surface area contributed by atoms with Gasteiger partial charge in [-0.3, -0.25) is 24.5 Å². The molecule has 2 aromatic heterocycles. The van der Waals surface area contributed by atoms with Crippen molar-refractivity contribution in [2.45, 2.75) is 115 Å². The first-order valence-corrected chi connectivity index (χ1v) is 24.8. The number of nitrogens with zero attached hydrogens (tertiary/aromatic N) is 5. The summed E-state index contributed by atoms with van der Waals surface area (Å²) >= 11 is 0. The molecule has 0 radical (unpaired) electrons. The fourth-order valence-electron chi connectivity index (χ4n) is 10.4. The lowest BCUT2D eigenvalue weighted by Gasteiger charge is -2.40. The molecule has 14 nitrogen and oxygen atoms in total. The highest BCUT2D eigenvalue weighted by atomic mass is 16.7. The fourth-order valence-corrected chi connectivity index (χ4v) is 10.4. The van der Waals surface area contributed by atoms with Gasteiger partial charge in [-0.2, -0.15) is 0 Å². The molecule has 14 heteroatoms. The summed E-state index contributed by atoms with van der Waals surface area (Å²) in [5.41, 5.74) is 2.78. The van der Waals surface area contributed by atoms with Crippen LogP contribution in [0.3, 0.4) is 0 Å². The molecule has 4 aromatic carbocycles. The quantitative estimate of drug-likeness (QED) is 0.118. The number of hydrogen-bond acceptors (Lipinski definition) is 12. The Morgan fingerprint density at radius 2 is 1.16 bits per heavy atom. The molecule has 5 aliphatic rings. The maximum Gasteiger partial charge on any atom is 0.254 e. The Bertz CT molecular complexity index is 2900. The molecule has 0 bridgehead atoms. The van der Waals surface area contributed by atoms with Crippen molar-refractivity contribution >= 4 is 33.4 Å². The molecule has 2 atom stereocenters. The molecule has 11 rings (SSSR count). The second-order valence-corrected chi connectivity index (χ2v) is 20.0. The summed E-state index contributed by atoms with van der Waals surface area (Å²) in [7, 11) is 3.15. The number of carbonyl (C=O) groups is 2. The van der Waals surface area contributed by atoms with Crippen LogP contribution in [0, 0.1) is 0 Å². The minimum Gasteiger partial charge on any atom is -0.493 e. The van der Waals surface area contributed by atoms with Crippen molar-refractivity contribution in [2.75, 3.05) is 40.4 Å². The zero-order valence-corrected chi connectivity index (χ0v) is 41.2. The number of aromatic nitrogens is 2. The van der Waals surface area contributed by atoms with E-state index in [1.165, 1.54) is 25.7 Å². The molecule has 1 N–H and O–H groups in total. The summed E-state index contributed by atoms with van der Waals surface area (Å²) < 4.78 is 34.8. The SMILES string of the molecule is COc1cc(C(=O)N(Cc2cc3ccccc3cn2)C[C@@H]2CCCN2)cc2c1OC(C)(C)O2.COc1cc(C(=O)N(Cc2cc3ccccc3cn2)C[C@@H]2CCCN2C2CCC2)cc2c1OC(C)(C)O2. The van der Waals surface area contributed by atoms with E-state index in [-0.39, 0.29) is 17.9 Å². The Morgan fingerprint density at radius 3 is 1.63 bits per heavy atom. The van der Waals surface area contributed by atoms with Gasteiger partial charge in [0.25, 0.3) is 11.8 Å². The minimum atomic E-state index is -0.806. The fraction of sp³-hybridized carbons (Fsp3) is 0.429. The predicted octanol–water partition coefficient (Wildman–Crippen LogP) is 9.56. The van der Waals surface area contributed by atoms with Crippen LogP contribution in [0.5, 0.6) is 34.5 Å². The summed E-state index contributed by atoms with van der Waals surface area (Å²) in [4.78, 5) is 43.7. The van der Waals surface area contributed by atoms with Gasteiger partial charge in [-0.1, -0.05) is 55.0 Å². The molecule has 0 spiro atoms. The largest absolute Gasteiger partial charge is 0.493 e. The minimum absolute atomic E-state index is 0.0511. The molecule has 4 aliphatic heterocycles. The number of carbonyl (C=O) groups excluding carboxylic acids is 2. The Labute approximate surface area is 410 Å². The Kier molecular flexibility index (Phi) is 13.2. The van der Waals surface area contributed by atoms with Crippen LogP contribution in [0.1, 0.15) is 105 Å². The van der Waals surface area contributed by atoms with Gasteiger partial charge in [-0.05, 0) is 98.8 Å². The molecule has 366 valence electrons. The molecule has 6 aromatic rings. The van der Waals surface area contributed by atoms with E-state index >= 15 is 0 Å². The number of hydrogen-bond donors (Lipinski definition) is 1. The molecular weight excluding hydrogens is 885 g/mol. The van der Waals surface area contributed by atoms with Crippen molar-refractivity contribution in [3.05, 3.63) is 120 Å². The topological polar surface area (TPSA) is 137 Å². The summed E-state index contributed by atoms with van der Waals surface area (Å²) in [5.74, 6) is 1.37. The number of pyridine rings is 2. The number of amides is 2. The van der Waals surface area contributed by atoms with Crippen LogP contribution in [-0.2, 0) is 13.1 Å². The first kappa shape index (κ1) is 47.1. The molecular formula is C56H64N6O8. The highest BCUT2D eigenvalue weighted by Crippen LogP contribution is 2.48. The van der Waals surface area contributed by atoms with Gasteiger partial charge in [-0.25, -0.2) is 0 Å². The molecule has 2 amide bonds. The average molecular weight is 949 g/mol. The van der Waals surface area contributed by atoms with Crippen molar-refractivity contribution in [3.63, 3.8) is 0 Å². The molecule has 1 saturated carbocycles. The lowest BCUT2D eigenvalue weighted by molar-refractivity contribution is -0.0445. The van der Waals surface area contributed by atoms with E-state index in [1.807, 2.05) is 80.2 Å². The highest BCUT2D eigenvalue weighted by Gasteiger charge is 2.39. The van der Waals surface area contributed by atoms with Crippen LogP contribution in [0.4, 0.5) is 0 Å². The van der Waals surface area contributed by atoms with E-state index in [0.717, 1.165) is 65.3 Å². The summed E-state index contributed by atoms with van der Waals surface area (Å²) in [6, 6.07) is 28.8. The van der Waals surface area contributed by atoms with Gasteiger partial charge >= 0.3 is 0 Å². The third-order valence-electron chi connectivity index (χ3n) is 14.0. The number of ether oxygens (including phenoxy) is 6. The van der Waals surface area contributed by atoms with Gasteiger partial charge in [-0.15, -0.1) is 0 Å². The number of nitrogens with one attached hydrogen (secondary N) is 1. The van der Waals surface area contributed by atoms with Crippen LogP contribution in [0.25, 0.3) is 21.5 Å². The normalized spacial score (nSPS) is 19.6. The second kappa shape index (κ2) is 19.6. The van der Waals surface area contributed by atoms with E-state index in [0.29, 0.717) is 83.9 Å². The van der Waals surface area contributed by atoms with Crippen LogP contribution in [0.2, 0.25) is 0 Å². The van der Waals surface area contributed by atoms with E-state index in [9.17, 15) is 9.59 Å². The smallest absolute Gasteiger partial charge is 0.254 e. The van der Waals surface area contributed by atoms with Gasteiger partial charge in [0.2, 0.25) is 23.1 Å². The molecule has 1 aliphatic carbocycles. The lowest BCUT2D eigenvalue weighted by atomic mass is 9.91. The third kappa shape index (κ3) is 10.2.